The Balaban J connectivity index is 3.55. The van der Waals surface area contributed by atoms with Crippen molar-refractivity contribution in [3.63, 3.8) is 0 Å². The van der Waals surface area contributed by atoms with Crippen molar-refractivity contribution < 1.29 is 40.7 Å². The van der Waals surface area contributed by atoms with Crippen molar-refractivity contribution >= 4 is 32.1 Å². The average molecular weight is 409 g/mol. The molecule has 0 aliphatic heterocycles. The van der Waals surface area contributed by atoms with Gasteiger partial charge in [-0.2, -0.15) is 8.42 Å². The average Bonchev–Trinajstić information content (AvgIpc) is 2.49. The zero-order valence-electron chi connectivity index (χ0n) is 14.7. The number of rotatable bonds is 3. The fraction of sp³-hybridized carbons (Fsp3) is 0.429. The van der Waals surface area contributed by atoms with Crippen molar-refractivity contribution in [2.24, 2.45) is 0 Å². The lowest BCUT2D eigenvalue weighted by Crippen LogP contribution is -2.42. The number of hydrogen-bond donors (Lipinski definition) is 0. The minimum absolute atomic E-state index is 0.353. The maximum atomic E-state index is 12.8. The van der Waals surface area contributed by atoms with Gasteiger partial charge < -0.3 is 9.47 Å². The van der Waals surface area contributed by atoms with Crippen molar-refractivity contribution in [2.75, 3.05) is 13.4 Å². The second kappa shape index (κ2) is 7.50. The van der Waals surface area contributed by atoms with Crippen LogP contribution in [0.1, 0.15) is 20.8 Å². The maximum absolute atomic E-state index is 12.8. The minimum atomic E-state index is -4.94. The standard InChI is InChI=1S/C14H19NO9S2/c1-14(2,3)23-12(16)15(24-13(17)22-4)26(20,21)11-9-7-6-8-10(11)25(5,18)19/h6-9H,1-5H3. The Bertz CT molecular complexity index is 899. The number of methoxy groups -OCH3 is 1. The molecule has 0 fully saturated rings. The van der Waals surface area contributed by atoms with Gasteiger partial charge in [0.25, 0.3) is 0 Å². The number of nitrogens with zero attached hydrogens (tertiary/aromatic N) is 1. The van der Waals surface area contributed by atoms with Crippen LogP contribution in [0.3, 0.4) is 0 Å². The summed E-state index contributed by atoms with van der Waals surface area (Å²) in [6, 6.07) is 4.53. The van der Waals surface area contributed by atoms with E-state index < -0.39 is 47.5 Å². The van der Waals surface area contributed by atoms with Crippen LogP contribution in [0.15, 0.2) is 34.1 Å². The van der Waals surface area contributed by atoms with Crippen LogP contribution >= 0.6 is 0 Å². The molecule has 0 saturated carbocycles. The second-order valence-electron chi connectivity index (χ2n) is 5.98. The summed E-state index contributed by atoms with van der Waals surface area (Å²) in [5, 5.41) is 0. The van der Waals surface area contributed by atoms with E-state index in [2.05, 4.69) is 9.57 Å². The molecule has 1 amide bonds. The number of ether oxygens (including phenoxy) is 2. The maximum Gasteiger partial charge on any atom is 0.534 e. The summed E-state index contributed by atoms with van der Waals surface area (Å²) in [5.74, 6) is 0. The quantitative estimate of drug-likeness (QED) is 0.540. The molecule has 0 aromatic heterocycles. The van der Waals surface area contributed by atoms with Crippen molar-refractivity contribution in [1.29, 1.82) is 0 Å². The van der Waals surface area contributed by atoms with E-state index in [4.69, 9.17) is 4.74 Å². The molecule has 0 aliphatic rings. The van der Waals surface area contributed by atoms with Gasteiger partial charge in [0.1, 0.15) is 10.5 Å². The van der Waals surface area contributed by atoms with E-state index >= 15 is 0 Å². The van der Waals surface area contributed by atoms with Crippen molar-refractivity contribution in [3.05, 3.63) is 24.3 Å². The lowest BCUT2D eigenvalue weighted by Gasteiger charge is -2.25. The van der Waals surface area contributed by atoms with Gasteiger partial charge >= 0.3 is 22.3 Å². The van der Waals surface area contributed by atoms with Crippen molar-refractivity contribution in [2.45, 2.75) is 36.2 Å². The summed E-state index contributed by atoms with van der Waals surface area (Å²) in [7, 11) is -8.01. The third-order valence-corrected chi connectivity index (χ3v) is 5.47. The molecular formula is C14H19NO9S2. The van der Waals surface area contributed by atoms with E-state index in [0.717, 1.165) is 25.5 Å². The molecule has 0 atom stereocenters. The number of hydroxylamine groups is 1. The fourth-order valence-electron chi connectivity index (χ4n) is 1.65. The lowest BCUT2D eigenvalue weighted by molar-refractivity contribution is -0.0684. The molecule has 0 heterocycles. The third-order valence-electron chi connectivity index (χ3n) is 2.61. The number of carbonyl (C=O) groups is 2. The largest absolute Gasteiger partial charge is 0.534 e. The van der Waals surface area contributed by atoms with Gasteiger partial charge in [-0.3, -0.25) is 4.84 Å². The molecule has 1 aromatic carbocycles. The molecule has 1 aromatic rings. The van der Waals surface area contributed by atoms with Gasteiger partial charge in [0.2, 0.25) is 0 Å². The van der Waals surface area contributed by atoms with E-state index in [1.807, 2.05) is 0 Å². The van der Waals surface area contributed by atoms with Crippen LogP contribution in [0.5, 0.6) is 0 Å². The zero-order valence-corrected chi connectivity index (χ0v) is 16.4. The Morgan fingerprint density at radius 3 is 1.92 bits per heavy atom. The first-order valence-corrected chi connectivity index (χ1v) is 10.4. The molecule has 0 aliphatic carbocycles. The van der Waals surface area contributed by atoms with Gasteiger partial charge in [0, 0.05) is 6.26 Å². The summed E-state index contributed by atoms with van der Waals surface area (Å²) in [6.07, 6.45) is -2.28. The molecule has 0 saturated heterocycles. The van der Waals surface area contributed by atoms with Gasteiger partial charge in [-0.25, -0.2) is 18.0 Å². The Morgan fingerprint density at radius 2 is 1.50 bits per heavy atom. The van der Waals surface area contributed by atoms with Gasteiger partial charge in [0.05, 0.1) is 12.0 Å². The number of carbonyl (C=O) groups excluding carboxylic acids is 2. The summed E-state index contributed by atoms with van der Waals surface area (Å²) in [5.41, 5.74) is -1.12. The van der Waals surface area contributed by atoms with Crippen LogP contribution in [0.25, 0.3) is 0 Å². The highest BCUT2D eigenvalue weighted by atomic mass is 32.2. The summed E-state index contributed by atoms with van der Waals surface area (Å²) in [4.78, 5) is 26.7. The van der Waals surface area contributed by atoms with Crippen molar-refractivity contribution in [3.8, 4) is 0 Å². The third kappa shape index (κ3) is 5.33. The Labute approximate surface area is 151 Å². The molecule has 0 unspecified atom stereocenters. The molecule has 0 radical (unpaired) electrons. The van der Waals surface area contributed by atoms with Gasteiger partial charge in [-0.1, -0.05) is 12.1 Å². The Kier molecular flexibility index (Phi) is 6.26. The van der Waals surface area contributed by atoms with Crippen LogP contribution in [0.4, 0.5) is 9.59 Å². The summed E-state index contributed by atoms with van der Waals surface area (Å²) in [6.45, 7) is 4.37. The van der Waals surface area contributed by atoms with E-state index in [0.29, 0.717) is 0 Å². The number of sulfone groups is 1. The molecular weight excluding hydrogens is 390 g/mol. The van der Waals surface area contributed by atoms with E-state index in [-0.39, 0.29) is 4.47 Å². The molecule has 0 bridgehead atoms. The SMILES string of the molecule is COC(=O)ON(C(=O)OC(C)(C)C)S(=O)(=O)c1ccccc1S(C)(=O)=O. The highest BCUT2D eigenvalue weighted by Crippen LogP contribution is 2.26. The molecule has 0 N–H and O–H groups in total. The fourth-order valence-corrected chi connectivity index (χ4v) is 4.32. The van der Waals surface area contributed by atoms with Crippen LogP contribution in [0, 0.1) is 0 Å². The highest BCUT2D eigenvalue weighted by molar-refractivity contribution is 7.93. The van der Waals surface area contributed by atoms with Gasteiger partial charge in [0.15, 0.2) is 9.84 Å². The molecule has 1 rings (SSSR count). The Hall–Kier alpha value is -2.34. The van der Waals surface area contributed by atoms with Crippen LogP contribution in [-0.2, 0) is 34.2 Å². The number of amides is 1. The topological polar surface area (TPSA) is 133 Å². The lowest BCUT2D eigenvalue weighted by atomic mass is 10.2. The second-order valence-corrected chi connectivity index (χ2v) is 9.68. The molecule has 146 valence electrons. The minimum Gasteiger partial charge on any atom is -0.441 e. The van der Waals surface area contributed by atoms with Crippen LogP contribution < -0.4 is 0 Å². The monoisotopic (exact) mass is 409 g/mol. The van der Waals surface area contributed by atoms with E-state index in [1.54, 1.807) is 0 Å². The molecule has 12 heteroatoms. The Morgan fingerprint density at radius 1 is 1.00 bits per heavy atom. The van der Waals surface area contributed by atoms with Gasteiger partial charge in [-0.05, 0) is 37.4 Å². The van der Waals surface area contributed by atoms with Crippen molar-refractivity contribution in [1.82, 2.24) is 4.47 Å². The summed E-state index contributed by atoms with van der Waals surface area (Å²) >= 11 is 0. The van der Waals surface area contributed by atoms with E-state index in [1.165, 1.54) is 32.9 Å². The predicted molar refractivity (Wildman–Crippen MR) is 88.3 cm³/mol. The first-order chi connectivity index (χ1) is 11.7. The first kappa shape index (κ1) is 21.7. The first-order valence-electron chi connectivity index (χ1n) is 7.03. The van der Waals surface area contributed by atoms with Crippen LogP contribution in [-0.4, -0.2) is 52.5 Å². The molecule has 10 nitrogen and oxygen atoms in total. The predicted octanol–water partition coefficient (Wildman–Crippen LogP) is 1.71. The van der Waals surface area contributed by atoms with E-state index in [9.17, 15) is 26.4 Å². The molecule has 0 spiro atoms. The number of benzene rings is 1. The molecule has 26 heavy (non-hydrogen) atoms. The number of sulfonamides is 1. The summed E-state index contributed by atoms with van der Waals surface area (Å²) < 4.78 is 58.1. The van der Waals surface area contributed by atoms with Gasteiger partial charge in [-0.15, -0.1) is 0 Å². The number of hydrogen-bond acceptors (Lipinski definition) is 9. The smallest absolute Gasteiger partial charge is 0.441 e. The zero-order chi connectivity index (χ0) is 20.3. The van der Waals surface area contributed by atoms with Crippen LogP contribution in [0.2, 0.25) is 0 Å². The highest BCUT2D eigenvalue weighted by Gasteiger charge is 2.40. The normalized spacial score (nSPS) is 12.2.